The van der Waals surface area contributed by atoms with Crippen molar-refractivity contribution in [2.75, 3.05) is 44.6 Å². The van der Waals surface area contributed by atoms with Crippen LogP contribution in [0.3, 0.4) is 0 Å². The molecule has 7 nitrogen and oxygen atoms in total. The molecule has 0 spiro atoms. The molecule has 1 saturated carbocycles. The quantitative estimate of drug-likeness (QED) is 0.294. The number of β-amino-alcohol motifs (C(OH)–C–C–N with tert-alkyl or cyclic N) is 1. The van der Waals surface area contributed by atoms with Crippen molar-refractivity contribution in [3.63, 3.8) is 0 Å². The molecule has 2 aromatic heterocycles. The molecule has 0 unspecified atom stereocenters. The van der Waals surface area contributed by atoms with E-state index in [9.17, 15) is 5.11 Å². The van der Waals surface area contributed by atoms with Crippen LogP contribution in [0, 0.1) is 6.92 Å². The Balaban J connectivity index is 1.24. The average molecular weight is 517 g/mol. The molecule has 3 N–H and O–H groups in total. The third-order valence-electron chi connectivity index (χ3n) is 7.44. The van der Waals surface area contributed by atoms with Gasteiger partial charge in [0.05, 0.1) is 23.5 Å². The number of anilines is 2. The van der Waals surface area contributed by atoms with Crippen molar-refractivity contribution >= 4 is 34.1 Å². The van der Waals surface area contributed by atoms with Crippen LogP contribution >= 0.6 is 11.6 Å². The van der Waals surface area contributed by atoms with Crippen molar-refractivity contribution in [3.05, 3.63) is 70.5 Å². The minimum Gasteiger partial charge on any atom is -0.395 e. The zero-order valence-electron chi connectivity index (χ0n) is 21.2. The Hall–Kier alpha value is -2.97. The van der Waals surface area contributed by atoms with E-state index in [-0.39, 0.29) is 6.61 Å². The number of nitrogens with zero attached hydrogens (tertiary/aromatic N) is 4. The van der Waals surface area contributed by atoms with Crippen LogP contribution in [-0.4, -0.2) is 69.2 Å². The molecule has 0 radical (unpaired) electrons. The highest BCUT2D eigenvalue weighted by Crippen LogP contribution is 2.42. The first-order chi connectivity index (χ1) is 18.1. The summed E-state index contributed by atoms with van der Waals surface area (Å²) in [5, 5.41) is 14.3. The number of hydrogen-bond acceptors (Lipinski definition) is 6. The third kappa shape index (κ3) is 5.50. The number of aryl methyl sites for hydroxylation is 1. The zero-order valence-corrected chi connectivity index (χ0v) is 21.9. The lowest BCUT2D eigenvalue weighted by molar-refractivity contribution is 0.108. The molecule has 1 saturated heterocycles. The van der Waals surface area contributed by atoms with Crippen LogP contribution in [-0.2, 0) is 6.54 Å². The number of piperazine rings is 1. The minimum atomic E-state index is 0.229. The van der Waals surface area contributed by atoms with Gasteiger partial charge in [-0.05, 0) is 60.6 Å². The Morgan fingerprint density at radius 3 is 2.68 bits per heavy atom. The molecule has 2 aromatic carbocycles. The molecule has 37 heavy (non-hydrogen) atoms. The highest BCUT2D eigenvalue weighted by molar-refractivity contribution is 6.33. The zero-order chi connectivity index (χ0) is 25.4. The summed E-state index contributed by atoms with van der Waals surface area (Å²) in [4.78, 5) is 17.5. The van der Waals surface area contributed by atoms with Crippen LogP contribution in [0.2, 0.25) is 5.02 Å². The summed E-state index contributed by atoms with van der Waals surface area (Å²) in [5.41, 5.74) is 7.67. The van der Waals surface area contributed by atoms with Crippen LogP contribution in [0.1, 0.15) is 35.4 Å². The molecule has 4 aromatic rings. The third-order valence-corrected chi connectivity index (χ3v) is 7.72. The number of hydrogen-bond donors (Lipinski definition) is 3. The Morgan fingerprint density at radius 1 is 1.08 bits per heavy atom. The fourth-order valence-corrected chi connectivity index (χ4v) is 5.48. The molecule has 1 aliphatic heterocycles. The number of aliphatic hydroxyl groups is 1. The van der Waals surface area contributed by atoms with Crippen LogP contribution in [0.25, 0.3) is 22.2 Å². The predicted octanol–water partition coefficient (Wildman–Crippen LogP) is 5.32. The number of benzene rings is 2. The lowest BCUT2D eigenvalue weighted by Gasteiger charge is -2.34. The van der Waals surface area contributed by atoms with E-state index in [1.165, 1.54) is 29.5 Å². The van der Waals surface area contributed by atoms with E-state index in [1.54, 1.807) is 6.20 Å². The van der Waals surface area contributed by atoms with Crippen molar-refractivity contribution in [2.24, 2.45) is 0 Å². The molecule has 0 bridgehead atoms. The van der Waals surface area contributed by atoms with Gasteiger partial charge in [0.25, 0.3) is 0 Å². The average Bonchev–Trinajstić information content (AvgIpc) is 3.67. The van der Waals surface area contributed by atoms with E-state index in [0.29, 0.717) is 22.6 Å². The van der Waals surface area contributed by atoms with Crippen molar-refractivity contribution in [1.82, 2.24) is 24.8 Å². The molecule has 1 aliphatic carbocycles. The van der Waals surface area contributed by atoms with E-state index < -0.39 is 0 Å². The number of nitrogens with one attached hydrogen (secondary N) is 2. The summed E-state index contributed by atoms with van der Waals surface area (Å²) < 4.78 is 0. The maximum absolute atomic E-state index is 9.22. The van der Waals surface area contributed by atoms with Crippen molar-refractivity contribution in [2.45, 2.75) is 32.2 Å². The second-order valence-electron chi connectivity index (χ2n) is 10.3. The summed E-state index contributed by atoms with van der Waals surface area (Å²) in [5.74, 6) is 1.19. The monoisotopic (exact) mass is 516 g/mol. The summed E-state index contributed by atoms with van der Waals surface area (Å²) in [7, 11) is 0. The van der Waals surface area contributed by atoms with Gasteiger partial charge in [-0.25, -0.2) is 9.97 Å². The molecule has 192 valence electrons. The molecule has 2 aliphatic rings. The van der Waals surface area contributed by atoms with E-state index in [1.807, 2.05) is 6.20 Å². The fourth-order valence-electron chi connectivity index (χ4n) is 5.29. The Labute approximate surface area is 222 Å². The van der Waals surface area contributed by atoms with Crippen molar-refractivity contribution in [1.29, 1.82) is 0 Å². The standard InChI is InChI=1S/C29H33ClN6O/c1-19-2-5-24-25(16-31-27(24)12-19)28-26(30)17-32-29(34-28)33-23-14-20(13-22(15-23)21-3-4-21)18-36-8-6-35(7-9-36)10-11-37/h2,5,12-17,21,31,37H,3-4,6-11,18H2,1H3,(H,32,33,34). The molecule has 8 heteroatoms. The van der Waals surface area contributed by atoms with E-state index in [2.05, 4.69) is 68.4 Å². The molecule has 2 fully saturated rings. The summed E-state index contributed by atoms with van der Waals surface area (Å²) in [6.45, 7) is 8.04. The van der Waals surface area contributed by atoms with Crippen molar-refractivity contribution < 1.29 is 5.11 Å². The first-order valence-electron chi connectivity index (χ1n) is 13.1. The van der Waals surface area contributed by atoms with Gasteiger partial charge in [-0.1, -0.05) is 29.8 Å². The number of fused-ring (bicyclic) bond motifs is 1. The first-order valence-corrected chi connectivity index (χ1v) is 13.5. The maximum Gasteiger partial charge on any atom is 0.227 e. The van der Waals surface area contributed by atoms with Crippen molar-refractivity contribution in [3.8, 4) is 11.3 Å². The first kappa shape index (κ1) is 24.4. The van der Waals surface area contributed by atoms with Gasteiger partial charge < -0.3 is 15.4 Å². The van der Waals surface area contributed by atoms with Gasteiger partial charge in [0, 0.05) is 67.6 Å². The highest BCUT2D eigenvalue weighted by atomic mass is 35.5. The Bertz CT molecular complexity index is 1410. The lowest BCUT2D eigenvalue weighted by Crippen LogP contribution is -2.46. The Morgan fingerprint density at radius 2 is 1.89 bits per heavy atom. The smallest absolute Gasteiger partial charge is 0.227 e. The van der Waals surface area contributed by atoms with Crippen LogP contribution in [0.5, 0.6) is 0 Å². The van der Waals surface area contributed by atoms with Gasteiger partial charge in [0.15, 0.2) is 0 Å². The van der Waals surface area contributed by atoms with Gasteiger partial charge in [0.1, 0.15) is 0 Å². The SMILES string of the molecule is Cc1ccc2c(-c3nc(Nc4cc(CN5CCN(CCO)CC5)cc(C5CC5)c4)ncc3Cl)c[nH]c2c1. The van der Waals surface area contributed by atoms with Crippen LogP contribution < -0.4 is 5.32 Å². The van der Waals surface area contributed by atoms with E-state index >= 15 is 0 Å². The molecule has 6 rings (SSSR count). The van der Waals surface area contributed by atoms with Crippen LogP contribution in [0.4, 0.5) is 11.6 Å². The summed E-state index contributed by atoms with van der Waals surface area (Å²) in [6.07, 6.45) is 6.15. The second kappa shape index (κ2) is 10.4. The second-order valence-corrected chi connectivity index (χ2v) is 10.8. The summed E-state index contributed by atoms with van der Waals surface area (Å²) >= 11 is 6.57. The number of aliphatic hydroxyl groups excluding tert-OH is 1. The summed E-state index contributed by atoms with van der Waals surface area (Å²) in [6, 6.07) is 13.2. The predicted molar refractivity (Wildman–Crippen MR) is 150 cm³/mol. The number of H-pyrrole nitrogens is 1. The topological polar surface area (TPSA) is 80.3 Å². The fraction of sp³-hybridized carbons (Fsp3) is 0.379. The number of halogens is 1. The van der Waals surface area contributed by atoms with Gasteiger partial charge in [0.2, 0.25) is 5.95 Å². The Kier molecular flexibility index (Phi) is 6.86. The maximum atomic E-state index is 9.22. The molecule has 0 amide bonds. The molecule has 0 atom stereocenters. The highest BCUT2D eigenvalue weighted by Gasteiger charge is 2.25. The number of aromatic nitrogens is 3. The van der Waals surface area contributed by atoms with Gasteiger partial charge in [-0.15, -0.1) is 0 Å². The van der Waals surface area contributed by atoms with Gasteiger partial charge in [-0.2, -0.15) is 0 Å². The van der Waals surface area contributed by atoms with Gasteiger partial charge in [-0.3, -0.25) is 9.80 Å². The van der Waals surface area contributed by atoms with E-state index in [0.717, 1.165) is 61.4 Å². The number of aromatic amines is 1. The van der Waals surface area contributed by atoms with Gasteiger partial charge >= 0.3 is 0 Å². The molecule has 3 heterocycles. The van der Waals surface area contributed by atoms with Crippen LogP contribution in [0.15, 0.2) is 48.8 Å². The van der Waals surface area contributed by atoms with E-state index in [4.69, 9.17) is 16.6 Å². The molecular weight excluding hydrogens is 484 g/mol. The number of rotatable bonds is 8. The minimum absolute atomic E-state index is 0.229. The molecular formula is C29H33ClN6O. The lowest BCUT2D eigenvalue weighted by atomic mass is 10.0. The largest absolute Gasteiger partial charge is 0.395 e. The normalized spacial score (nSPS) is 16.9.